The summed E-state index contributed by atoms with van der Waals surface area (Å²) in [6.07, 6.45) is -1.41. The molecule has 1 aromatic carbocycles. The number of hydrogen-bond donors (Lipinski definition) is 3. The highest BCUT2D eigenvalue weighted by Gasteiger charge is 2.36. The number of ether oxygens (including phenoxy) is 1. The number of nitrogens with zero attached hydrogens (tertiary/aromatic N) is 4. The highest BCUT2D eigenvalue weighted by molar-refractivity contribution is 6.03. The lowest BCUT2D eigenvalue weighted by Crippen LogP contribution is -2.46. The Kier molecular flexibility index (Phi) is 9.11. The van der Waals surface area contributed by atoms with Crippen molar-refractivity contribution >= 4 is 29.0 Å². The van der Waals surface area contributed by atoms with Crippen LogP contribution >= 0.6 is 0 Å². The number of aromatic nitrogens is 2. The maximum Gasteiger partial charge on any atom is 0.421 e. The van der Waals surface area contributed by atoms with E-state index in [0.717, 1.165) is 19.6 Å². The molecule has 2 aromatic rings. The van der Waals surface area contributed by atoms with Gasteiger partial charge < -0.3 is 30.5 Å². The Morgan fingerprint density at radius 3 is 2.59 bits per heavy atom. The number of likely N-dealkylation sites (N-methyl/N-ethyl adjacent to an activating group) is 1. The minimum Gasteiger partial charge on any atom is -0.433 e. The molecule has 0 bridgehead atoms. The standard InChI is InChI=1S/C27H30F5N7O2/c1-4-16-14-33-24(40)22(16)19(5-2)35-23-18(27(30,31)32)15-34-26(37-23)36-20-8-7-17(13-21(20)41-25(28)29)39-11-9-38(6-3)10-12-39/h4-5,7-8,13,15,25H,2,6,9-12,14H2,1,3H3,(H,33,40)(H2,34,35,36,37)/b16-4-,22-19-. The molecule has 0 radical (unpaired) electrons. The van der Waals surface area contributed by atoms with Crippen molar-refractivity contribution < 1.29 is 31.5 Å². The van der Waals surface area contributed by atoms with Gasteiger partial charge in [-0.2, -0.15) is 26.9 Å². The summed E-state index contributed by atoms with van der Waals surface area (Å²) in [6, 6.07) is 4.62. The molecule has 2 aliphatic heterocycles. The van der Waals surface area contributed by atoms with E-state index in [2.05, 4.69) is 44.3 Å². The SMILES string of the molecule is C=C/C(Nc1nc(Nc2ccc(N3CCN(CC)CC3)cc2OC(F)F)ncc1C(F)(F)F)=C1/C(=O)NC/C1=C/C. The monoisotopic (exact) mass is 579 g/mol. The second kappa shape index (κ2) is 12.5. The van der Waals surface area contributed by atoms with Gasteiger partial charge in [0, 0.05) is 50.7 Å². The van der Waals surface area contributed by atoms with Crippen molar-refractivity contribution in [3.8, 4) is 5.75 Å². The lowest BCUT2D eigenvalue weighted by molar-refractivity contribution is -0.137. The molecule has 0 saturated carbocycles. The van der Waals surface area contributed by atoms with E-state index in [4.69, 9.17) is 4.74 Å². The topological polar surface area (TPSA) is 94.7 Å². The van der Waals surface area contributed by atoms with E-state index in [1.54, 1.807) is 19.1 Å². The summed E-state index contributed by atoms with van der Waals surface area (Å²) in [5, 5.41) is 7.86. The van der Waals surface area contributed by atoms with Crippen molar-refractivity contribution in [3.05, 3.63) is 65.5 Å². The Morgan fingerprint density at radius 1 is 1.24 bits per heavy atom. The van der Waals surface area contributed by atoms with Crippen LogP contribution in [-0.2, 0) is 11.0 Å². The minimum absolute atomic E-state index is 0.0116. The van der Waals surface area contributed by atoms with Crippen molar-refractivity contribution in [1.82, 2.24) is 20.2 Å². The van der Waals surface area contributed by atoms with Gasteiger partial charge in [-0.15, -0.1) is 0 Å². The number of rotatable bonds is 9. The Hall–Kier alpha value is -4.20. The van der Waals surface area contributed by atoms with Gasteiger partial charge in [-0.1, -0.05) is 19.6 Å². The van der Waals surface area contributed by atoms with Crippen LogP contribution < -0.4 is 25.6 Å². The fraction of sp³-hybridized carbons (Fsp3) is 0.370. The van der Waals surface area contributed by atoms with Crippen LogP contribution in [0, 0.1) is 0 Å². The summed E-state index contributed by atoms with van der Waals surface area (Å²) >= 11 is 0. The zero-order chi connectivity index (χ0) is 29.7. The van der Waals surface area contributed by atoms with Gasteiger partial charge in [0.15, 0.2) is 5.75 Å². The summed E-state index contributed by atoms with van der Waals surface area (Å²) in [5.41, 5.74) is 0.205. The van der Waals surface area contributed by atoms with Crippen LogP contribution in [0.25, 0.3) is 0 Å². The molecular formula is C27H30F5N7O2. The van der Waals surface area contributed by atoms with E-state index in [9.17, 15) is 26.7 Å². The third-order valence-electron chi connectivity index (χ3n) is 6.77. The summed E-state index contributed by atoms with van der Waals surface area (Å²) in [4.78, 5) is 24.4. The number of benzene rings is 1. The molecule has 1 amide bonds. The van der Waals surface area contributed by atoms with Gasteiger partial charge in [0.2, 0.25) is 5.95 Å². The zero-order valence-electron chi connectivity index (χ0n) is 22.5. The predicted octanol–water partition coefficient (Wildman–Crippen LogP) is 4.91. The van der Waals surface area contributed by atoms with E-state index in [1.165, 1.54) is 18.2 Å². The van der Waals surface area contributed by atoms with Crippen molar-refractivity contribution in [2.24, 2.45) is 0 Å². The summed E-state index contributed by atoms with van der Waals surface area (Å²) in [7, 11) is 0. The lowest BCUT2D eigenvalue weighted by atomic mass is 10.1. The zero-order valence-corrected chi connectivity index (χ0v) is 22.5. The van der Waals surface area contributed by atoms with Crippen molar-refractivity contribution in [2.75, 3.05) is 54.8 Å². The van der Waals surface area contributed by atoms with Gasteiger partial charge in [-0.05, 0) is 37.3 Å². The Labute approximate surface area is 233 Å². The summed E-state index contributed by atoms with van der Waals surface area (Å²) in [6.45, 7) is 8.38. The number of alkyl halides is 5. The first kappa shape index (κ1) is 29.8. The first-order valence-electron chi connectivity index (χ1n) is 12.9. The minimum atomic E-state index is -4.84. The quantitative estimate of drug-likeness (QED) is 0.285. The van der Waals surface area contributed by atoms with Crippen molar-refractivity contribution in [2.45, 2.75) is 26.6 Å². The fourth-order valence-electron chi connectivity index (χ4n) is 4.57. The van der Waals surface area contributed by atoms with Crippen LogP contribution in [0.2, 0.25) is 0 Å². The summed E-state index contributed by atoms with van der Waals surface area (Å²) in [5.74, 6) is -1.68. The molecule has 2 aliphatic rings. The highest BCUT2D eigenvalue weighted by atomic mass is 19.4. The second-order valence-corrected chi connectivity index (χ2v) is 9.17. The largest absolute Gasteiger partial charge is 0.433 e. The number of halogens is 5. The molecule has 2 fully saturated rings. The molecule has 0 aliphatic carbocycles. The van der Waals surface area contributed by atoms with Crippen LogP contribution in [0.1, 0.15) is 19.4 Å². The average Bonchev–Trinajstić information content (AvgIpc) is 3.32. The van der Waals surface area contributed by atoms with Gasteiger partial charge in [-0.3, -0.25) is 4.79 Å². The van der Waals surface area contributed by atoms with Crippen LogP contribution in [0.5, 0.6) is 5.75 Å². The third-order valence-corrected chi connectivity index (χ3v) is 6.77. The van der Waals surface area contributed by atoms with Gasteiger partial charge in [0.1, 0.15) is 11.4 Å². The number of allylic oxidation sites excluding steroid dienone is 2. The number of carbonyl (C=O) groups is 1. The average molecular weight is 580 g/mol. The number of carbonyl (C=O) groups excluding carboxylic acids is 1. The normalized spacial score (nSPS) is 18.5. The molecular weight excluding hydrogens is 549 g/mol. The van der Waals surface area contributed by atoms with E-state index < -0.39 is 30.1 Å². The van der Waals surface area contributed by atoms with Crippen LogP contribution in [0.3, 0.4) is 0 Å². The highest BCUT2D eigenvalue weighted by Crippen LogP contribution is 2.37. The van der Waals surface area contributed by atoms with Crippen molar-refractivity contribution in [3.63, 3.8) is 0 Å². The van der Waals surface area contributed by atoms with Crippen molar-refractivity contribution in [1.29, 1.82) is 0 Å². The molecule has 220 valence electrons. The maximum absolute atomic E-state index is 13.8. The molecule has 3 N–H and O–H groups in total. The molecule has 0 spiro atoms. The fourth-order valence-corrected chi connectivity index (χ4v) is 4.57. The molecule has 9 nitrogen and oxygen atoms in total. The van der Waals surface area contributed by atoms with E-state index in [0.29, 0.717) is 30.5 Å². The van der Waals surface area contributed by atoms with Crippen LogP contribution in [0.4, 0.5) is 45.1 Å². The van der Waals surface area contributed by atoms with E-state index >= 15 is 0 Å². The Balaban J connectivity index is 1.67. The lowest BCUT2D eigenvalue weighted by Gasteiger charge is -2.35. The molecule has 0 unspecified atom stereocenters. The molecule has 0 atom stereocenters. The number of amides is 1. The molecule has 4 rings (SSSR count). The van der Waals surface area contributed by atoms with Crippen LogP contribution in [-0.4, -0.2) is 66.7 Å². The van der Waals surface area contributed by atoms with E-state index in [-0.39, 0.29) is 35.2 Å². The van der Waals surface area contributed by atoms with Gasteiger partial charge in [0.25, 0.3) is 5.91 Å². The van der Waals surface area contributed by atoms with Gasteiger partial charge >= 0.3 is 12.8 Å². The number of piperazine rings is 1. The molecule has 41 heavy (non-hydrogen) atoms. The molecule has 14 heteroatoms. The number of anilines is 4. The van der Waals surface area contributed by atoms with Gasteiger partial charge in [0.05, 0.1) is 17.0 Å². The maximum atomic E-state index is 13.8. The second-order valence-electron chi connectivity index (χ2n) is 9.17. The third kappa shape index (κ3) is 6.93. The predicted molar refractivity (Wildman–Crippen MR) is 145 cm³/mol. The smallest absolute Gasteiger partial charge is 0.421 e. The molecule has 2 saturated heterocycles. The number of nitrogens with one attached hydrogen (secondary N) is 3. The Bertz CT molecular complexity index is 1350. The molecule has 3 heterocycles. The van der Waals surface area contributed by atoms with Gasteiger partial charge in [-0.25, -0.2) is 4.98 Å². The Morgan fingerprint density at radius 2 is 1.98 bits per heavy atom. The number of hydrogen-bond acceptors (Lipinski definition) is 8. The van der Waals surface area contributed by atoms with E-state index in [1.807, 2.05) is 4.90 Å². The first-order chi connectivity index (χ1) is 19.5. The first-order valence-corrected chi connectivity index (χ1v) is 12.9. The molecule has 1 aromatic heterocycles. The summed E-state index contributed by atoms with van der Waals surface area (Å²) < 4.78 is 72.9. The van der Waals surface area contributed by atoms with Crippen LogP contribution in [0.15, 0.2) is 60.0 Å².